The first kappa shape index (κ1) is 20.7. The monoisotopic (exact) mass is 377 g/mol. The summed E-state index contributed by atoms with van der Waals surface area (Å²) in [7, 11) is 1.60. The van der Waals surface area contributed by atoms with Gasteiger partial charge >= 0.3 is 18.0 Å². The summed E-state index contributed by atoms with van der Waals surface area (Å²) < 4.78 is 0. The fraction of sp³-hybridized carbons (Fsp3) is 0.526. The van der Waals surface area contributed by atoms with Gasteiger partial charge in [-0.2, -0.15) is 0 Å². The van der Waals surface area contributed by atoms with Crippen molar-refractivity contribution in [1.82, 2.24) is 15.1 Å². The predicted octanol–water partition coefficient (Wildman–Crippen LogP) is 1.47. The number of hydrogen-bond acceptors (Lipinski definition) is 4. The third kappa shape index (κ3) is 6.90. The molecule has 0 spiro atoms. The van der Waals surface area contributed by atoms with Crippen LogP contribution in [0, 0.1) is 5.92 Å². The SMILES string of the molecule is CN(CC1CCN(Cc2ccccc2)CC1)C(=O)NC(CC(=O)O)C(=O)O. The number of benzene rings is 1. The van der Waals surface area contributed by atoms with Crippen molar-refractivity contribution in [2.45, 2.75) is 31.8 Å². The molecule has 1 unspecified atom stereocenters. The number of urea groups is 1. The molecular formula is C19H27N3O5. The predicted molar refractivity (Wildman–Crippen MR) is 99.3 cm³/mol. The summed E-state index contributed by atoms with van der Waals surface area (Å²) in [5, 5.41) is 20.0. The Morgan fingerprint density at radius 1 is 1.19 bits per heavy atom. The Bertz CT molecular complexity index is 644. The van der Waals surface area contributed by atoms with E-state index in [2.05, 4.69) is 22.3 Å². The second kappa shape index (κ2) is 9.91. The Hall–Kier alpha value is -2.61. The minimum Gasteiger partial charge on any atom is -0.481 e. The van der Waals surface area contributed by atoms with Crippen molar-refractivity contribution in [1.29, 1.82) is 0 Å². The number of carbonyl (C=O) groups is 3. The van der Waals surface area contributed by atoms with Gasteiger partial charge in [0, 0.05) is 20.1 Å². The fourth-order valence-electron chi connectivity index (χ4n) is 3.27. The Kier molecular flexibility index (Phi) is 7.60. The Balaban J connectivity index is 1.76. The van der Waals surface area contributed by atoms with Gasteiger partial charge in [-0.25, -0.2) is 9.59 Å². The third-order valence-electron chi connectivity index (χ3n) is 4.81. The number of carboxylic acids is 2. The van der Waals surface area contributed by atoms with Crippen LogP contribution in [0.25, 0.3) is 0 Å². The van der Waals surface area contributed by atoms with Crippen molar-refractivity contribution in [3.63, 3.8) is 0 Å². The summed E-state index contributed by atoms with van der Waals surface area (Å²) in [6.07, 6.45) is 1.27. The Morgan fingerprint density at radius 3 is 2.37 bits per heavy atom. The van der Waals surface area contributed by atoms with Gasteiger partial charge in [-0.3, -0.25) is 9.69 Å². The van der Waals surface area contributed by atoms with Crippen molar-refractivity contribution in [2.24, 2.45) is 5.92 Å². The van der Waals surface area contributed by atoms with Crippen LogP contribution in [0.2, 0.25) is 0 Å². The molecule has 0 bridgehead atoms. The van der Waals surface area contributed by atoms with E-state index in [1.54, 1.807) is 7.05 Å². The van der Waals surface area contributed by atoms with Gasteiger partial charge in [0.1, 0.15) is 6.04 Å². The van der Waals surface area contributed by atoms with Gasteiger partial charge < -0.3 is 20.4 Å². The first-order valence-corrected chi connectivity index (χ1v) is 9.07. The minimum absolute atomic E-state index is 0.343. The number of rotatable bonds is 8. The normalized spacial score (nSPS) is 16.5. The largest absolute Gasteiger partial charge is 0.481 e. The van der Waals surface area contributed by atoms with Crippen LogP contribution in [0.5, 0.6) is 0 Å². The number of piperidine rings is 1. The molecular weight excluding hydrogens is 350 g/mol. The van der Waals surface area contributed by atoms with Gasteiger partial charge in [0.15, 0.2) is 0 Å². The van der Waals surface area contributed by atoms with Gasteiger partial charge in [-0.05, 0) is 37.4 Å². The van der Waals surface area contributed by atoms with Crippen LogP contribution in [-0.4, -0.2) is 70.7 Å². The molecule has 1 heterocycles. The molecule has 0 radical (unpaired) electrons. The molecule has 0 saturated carbocycles. The molecule has 148 valence electrons. The van der Waals surface area contributed by atoms with E-state index in [4.69, 9.17) is 10.2 Å². The smallest absolute Gasteiger partial charge is 0.326 e. The lowest BCUT2D eigenvalue weighted by atomic mass is 9.96. The van der Waals surface area contributed by atoms with Crippen molar-refractivity contribution >= 4 is 18.0 Å². The molecule has 1 aromatic carbocycles. The second-order valence-electron chi connectivity index (χ2n) is 7.02. The molecule has 8 nitrogen and oxygen atoms in total. The molecule has 1 fully saturated rings. The Labute approximate surface area is 158 Å². The van der Waals surface area contributed by atoms with Crippen molar-refractivity contribution in [3.05, 3.63) is 35.9 Å². The third-order valence-corrected chi connectivity index (χ3v) is 4.81. The number of hydrogen-bond donors (Lipinski definition) is 3. The lowest BCUT2D eigenvalue weighted by Gasteiger charge is -2.34. The topological polar surface area (TPSA) is 110 Å². The van der Waals surface area contributed by atoms with Crippen LogP contribution >= 0.6 is 0 Å². The summed E-state index contributed by atoms with van der Waals surface area (Å²) in [6, 6.07) is 8.30. The zero-order chi connectivity index (χ0) is 19.8. The summed E-state index contributed by atoms with van der Waals surface area (Å²) in [6.45, 7) is 3.33. The van der Waals surface area contributed by atoms with Crippen molar-refractivity contribution in [2.75, 3.05) is 26.7 Å². The van der Waals surface area contributed by atoms with E-state index in [1.165, 1.54) is 10.5 Å². The van der Waals surface area contributed by atoms with Gasteiger partial charge in [-0.1, -0.05) is 30.3 Å². The molecule has 0 aromatic heterocycles. The zero-order valence-electron chi connectivity index (χ0n) is 15.5. The van der Waals surface area contributed by atoms with Gasteiger partial charge in [0.25, 0.3) is 0 Å². The number of aliphatic carboxylic acids is 2. The lowest BCUT2D eigenvalue weighted by molar-refractivity contribution is -0.145. The summed E-state index contributed by atoms with van der Waals surface area (Å²) >= 11 is 0. The highest BCUT2D eigenvalue weighted by Gasteiger charge is 2.26. The van der Waals surface area contributed by atoms with Gasteiger partial charge in [-0.15, -0.1) is 0 Å². The number of carboxylic acid groups (broad SMARTS) is 2. The first-order chi connectivity index (χ1) is 12.8. The van der Waals surface area contributed by atoms with Crippen LogP contribution in [0.15, 0.2) is 30.3 Å². The quantitative estimate of drug-likeness (QED) is 0.633. The minimum atomic E-state index is -1.43. The van der Waals surface area contributed by atoms with E-state index in [0.717, 1.165) is 32.5 Å². The van der Waals surface area contributed by atoms with Gasteiger partial charge in [0.2, 0.25) is 0 Å². The molecule has 1 atom stereocenters. The molecule has 8 heteroatoms. The average Bonchev–Trinajstić information content (AvgIpc) is 2.63. The number of nitrogens with zero attached hydrogens (tertiary/aromatic N) is 2. The molecule has 2 rings (SSSR count). The maximum Gasteiger partial charge on any atom is 0.326 e. The van der Waals surface area contributed by atoms with E-state index in [9.17, 15) is 14.4 Å². The van der Waals surface area contributed by atoms with E-state index in [0.29, 0.717) is 12.5 Å². The van der Waals surface area contributed by atoms with Crippen LogP contribution in [-0.2, 0) is 16.1 Å². The lowest BCUT2D eigenvalue weighted by Crippen LogP contribution is -2.49. The highest BCUT2D eigenvalue weighted by Crippen LogP contribution is 2.20. The van der Waals surface area contributed by atoms with Crippen LogP contribution < -0.4 is 5.32 Å². The Morgan fingerprint density at radius 2 is 1.81 bits per heavy atom. The average molecular weight is 377 g/mol. The zero-order valence-corrected chi connectivity index (χ0v) is 15.5. The van der Waals surface area contributed by atoms with Crippen molar-refractivity contribution in [3.8, 4) is 0 Å². The first-order valence-electron chi connectivity index (χ1n) is 9.07. The number of carbonyl (C=O) groups excluding carboxylic acids is 1. The molecule has 27 heavy (non-hydrogen) atoms. The molecule has 1 aromatic rings. The van der Waals surface area contributed by atoms with Crippen molar-refractivity contribution < 1.29 is 24.6 Å². The summed E-state index contributed by atoms with van der Waals surface area (Å²) in [4.78, 5) is 37.8. The van der Waals surface area contributed by atoms with Crippen LogP contribution in [0.3, 0.4) is 0 Å². The van der Waals surface area contributed by atoms with Gasteiger partial charge in [0.05, 0.1) is 6.42 Å². The van der Waals surface area contributed by atoms with Crippen LogP contribution in [0.1, 0.15) is 24.8 Å². The second-order valence-corrected chi connectivity index (χ2v) is 7.02. The molecule has 1 aliphatic heterocycles. The summed E-state index contributed by atoms with van der Waals surface area (Å²) in [5.74, 6) is -2.28. The molecule has 2 amide bonds. The summed E-state index contributed by atoms with van der Waals surface area (Å²) in [5.41, 5.74) is 1.28. The molecule has 1 aliphatic rings. The number of amides is 2. The maximum absolute atomic E-state index is 12.2. The van der Waals surface area contributed by atoms with Crippen LogP contribution in [0.4, 0.5) is 4.79 Å². The standard InChI is InChI=1S/C19H27N3O5/c1-21(19(27)20-16(18(25)26)11-17(23)24)12-15-7-9-22(10-8-15)13-14-5-3-2-4-6-14/h2-6,15-16H,7-13H2,1H3,(H,20,27)(H,23,24)(H,25,26). The van der Waals surface area contributed by atoms with E-state index in [-0.39, 0.29) is 0 Å². The number of nitrogens with one attached hydrogen (secondary N) is 1. The maximum atomic E-state index is 12.2. The van der Waals surface area contributed by atoms with E-state index in [1.807, 2.05) is 18.2 Å². The molecule has 3 N–H and O–H groups in total. The highest BCUT2D eigenvalue weighted by molar-refractivity contribution is 5.86. The van der Waals surface area contributed by atoms with E-state index >= 15 is 0 Å². The highest BCUT2D eigenvalue weighted by atomic mass is 16.4. The molecule has 1 saturated heterocycles. The fourth-order valence-corrected chi connectivity index (χ4v) is 3.27. The number of likely N-dealkylation sites (tertiary alicyclic amines) is 1. The van der Waals surface area contributed by atoms with E-state index < -0.39 is 30.4 Å². The molecule has 0 aliphatic carbocycles.